The summed E-state index contributed by atoms with van der Waals surface area (Å²) >= 11 is 0. The van der Waals surface area contributed by atoms with Gasteiger partial charge in [-0.05, 0) is 42.0 Å². The van der Waals surface area contributed by atoms with Crippen molar-refractivity contribution < 1.29 is 28.7 Å². The highest BCUT2D eigenvalue weighted by Crippen LogP contribution is 2.37. The Bertz CT molecular complexity index is 1040. The number of carbonyl (C=O) groups is 4. The Labute approximate surface area is 198 Å². The van der Waals surface area contributed by atoms with Gasteiger partial charge in [0.15, 0.2) is 5.78 Å². The van der Waals surface area contributed by atoms with Crippen molar-refractivity contribution in [2.24, 2.45) is 11.8 Å². The second-order valence-electron chi connectivity index (χ2n) is 8.80. The second-order valence-corrected chi connectivity index (χ2v) is 8.80. The van der Waals surface area contributed by atoms with E-state index in [1.165, 1.54) is 0 Å². The minimum atomic E-state index is -1.48. The number of rotatable bonds is 9. The van der Waals surface area contributed by atoms with E-state index in [0.29, 0.717) is 0 Å². The van der Waals surface area contributed by atoms with E-state index in [2.05, 4.69) is 5.32 Å². The maximum absolute atomic E-state index is 13.7. The highest BCUT2D eigenvalue weighted by atomic mass is 19.1. The van der Waals surface area contributed by atoms with Crippen molar-refractivity contribution in [1.82, 2.24) is 5.32 Å². The molecule has 2 unspecified atom stereocenters. The second kappa shape index (κ2) is 11.0. The molecule has 0 spiro atoms. The van der Waals surface area contributed by atoms with Crippen LogP contribution >= 0.6 is 0 Å². The maximum atomic E-state index is 13.7. The number of amides is 2. The molecule has 2 atom stereocenters. The number of alkyl halides is 1. The number of fused-ring (bicyclic) bond motifs is 2. The zero-order valence-electron chi connectivity index (χ0n) is 19.3. The number of carbonyl (C=O) groups excluding carboxylic acids is 3. The summed E-state index contributed by atoms with van der Waals surface area (Å²) in [6.07, 6.45) is 0.663. The van der Waals surface area contributed by atoms with Gasteiger partial charge in [0, 0.05) is 12.3 Å². The van der Waals surface area contributed by atoms with Crippen LogP contribution < -0.4 is 10.2 Å². The molecule has 8 heteroatoms. The highest BCUT2D eigenvalue weighted by Gasteiger charge is 2.33. The molecule has 2 aromatic rings. The molecule has 2 N–H and O–H groups in total. The van der Waals surface area contributed by atoms with Crippen LogP contribution in [0.1, 0.15) is 37.8 Å². The Morgan fingerprint density at radius 3 is 1.94 bits per heavy atom. The minimum Gasteiger partial charge on any atom is -0.481 e. The number of aryl methyl sites for hydroxylation is 2. The van der Waals surface area contributed by atoms with E-state index < -0.39 is 42.7 Å². The lowest BCUT2D eigenvalue weighted by molar-refractivity contribution is -0.141. The van der Waals surface area contributed by atoms with E-state index in [9.17, 15) is 23.6 Å². The van der Waals surface area contributed by atoms with E-state index in [0.717, 1.165) is 35.3 Å². The van der Waals surface area contributed by atoms with Crippen LogP contribution in [0.3, 0.4) is 0 Å². The van der Waals surface area contributed by atoms with Crippen molar-refractivity contribution in [3.8, 4) is 0 Å². The number of hydrogen-bond acceptors (Lipinski definition) is 4. The monoisotopic (exact) mass is 468 g/mol. The number of hydrogen-bond donors (Lipinski definition) is 2. The summed E-state index contributed by atoms with van der Waals surface area (Å²) in [5, 5.41) is 11.4. The number of ketones is 1. The first kappa shape index (κ1) is 25.1. The predicted molar refractivity (Wildman–Crippen MR) is 126 cm³/mol. The van der Waals surface area contributed by atoms with Crippen LogP contribution in [0.15, 0.2) is 48.5 Å². The van der Waals surface area contributed by atoms with Crippen molar-refractivity contribution >= 4 is 34.9 Å². The number of benzene rings is 2. The van der Waals surface area contributed by atoms with Crippen molar-refractivity contribution in [3.63, 3.8) is 0 Å². The number of halogens is 1. The number of carboxylic acid groups (broad SMARTS) is 1. The summed E-state index contributed by atoms with van der Waals surface area (Å²) in [4.78, 5) is 51.2. The molecule has 0 aliphatic carbocycles. The third-order valence-corrected chi connectivity index (χ3v) is 6.13. The molecule has 0 bridgehead atoms. The van der Waals surface area contributed by atoms with Crippen molar-refractivity contribution in [2.45, 2.75) is 45.6 Å². The number of para-hydroxylation sites is 2. The number of anilines is 2. The molecule has 2 amide bonds. The smallest absolute Gasteiger partial charge is 0.305 e. The first-order valence-electron chi connectivity index (χ1n) is 11.3. The molecule has 1 aliphatic heterocycles. The van der Waals surface area contributed by atoms with Gasteiger partial charge in [0.1, 0.15) is 12.7 Å². The van der Waals surface area contributed by atoms with E-state index >= 15 is 0 Å². The number of nitrogens with one attached hydrogen (secondary N) is 1. The van der Waals surface area contributed by atoms with Gasteiger partial charge in [-0.3, -0.25) is 24.1 Å². The van der Waals surface area contributed by atoms with Gasteiger partial charge in [0.2, 0.25) is 11.8 Å². The summed E-state index contributed by atoms with van der Waals surface area (Å²) < 4.78 is 12.9. The van der Waals surface area contributed by atoms with Gasteiger partial charge in [-0.1, -0.05) is 50.2 Å². The average molecular weight is 469 g/mol. The summed E-state index contributed by atoms with van der Waals surface area (Å²) in [5.74, 6) is -4.40. The van der Waals surface area contributed by atoms with Gasteiger partial charge >= 0.3 is 5.97 Å². The van der Waals surface area contributed by atoms with Gasteiger partial charge in [0.25, 0.3) is 0 Å². The zero-order valence-corrected chi connectivity index (χ0v) is 19.3. The molecular formula is C26H29FN2O5. The number of Topliss-reactive ketones (excluding diaryl/α,β-unsaturated/α-hetero) is 1. The Kier molecular flexibility index (Phi) is 8.15. The van der Waals surface area contributed by atoms with Crippen molar-refractivity contribution in [3.05, 3.63) is 59.7 Å². The van der Waals surface area contributed by atoms with Crippen LogP contribution in [0.4, 0.5) is 15.8 Å². The number of aliphatic carboxylic acids is 1. The van der Waals surface area contributed by atoms with Crippen LogP contribution in [0.2, 0.25) is 0 Å². The molecule has 2 aromatic carbocycles. The summed E-state index contributed by atoms with van der Waals surface area (Å²) in [6, 6.07) is 13.8. The lowest BCUT2D eigenvalue weighted by atomic mass is 9.90. The highest BCUT2D eigenvalue weighted by molar-refractivity contribution is 6.04. The molecule has 34 heavy (non-hydrogen) atoms. The topological polar surface area (TPSA) is 104 Å². The van der Waals surface area contributed by atoms with Crippen LogP contribution in [0.25, 0.3) is 0 Å². The van der Waals surface area contributed by atoms with Gasteiger partial charge in [0.05, 0.1) is 17.8 Å². The van der Waals surface area contributed by atoms with Crippen LogP contribution in [0.5, 0.6) is 0 Å². The molecule has 180 valence electrons. The van der Waals surface area contributed by atoms with Crippen LogP contribution in [0, 0.1) is 11.8 Å². The molecule has 1 heterocycles. The molecular weight excluding hydrogens is 439 g/mol. The molecule has 0 aromatic heterocycles. The molecule has 1 aliphatic rings. The predicted octanol–water partition coefficient (Wildman–Crippen LogP) is 3.61. The standard InChI is InChI=1S/C26H29FN2O5/c1-16(2)19(26(34)28-20(14-25(32)33)23(30)15-27)13-24(31)29-21-9-5-3-7-17(21)11-12-18-8-4-6-10-22(18)29/h3-10,16,19-20H,11-15H2,1-2H3,(H,28,34)(H,32,33). The number of carboxylic acids is 1. The molecule has 0 fully saturated rings. The largest absolute Gasteiger partial charge is 0.481 e. The fraction of sp³-hybridized carbons (Fsp3) is 0.385. The third kappa shape index (κ3) is 5.68. The van der Waals surface area contributed by atoms with E-state index in [-0.39, 0.29) is 18.2 Å². The Morgan fingerprint density at radius 1 is 0.941 bits per heavy atom. The quantitative estimate of drug-likeness (QED) is 0.585. The first-order chi connectivity index (χ1) is 16.2. The molecule has 7 nitrogen and oxygen atoms in total. The summed E-state index contributed by atoms with van der Waals surface area (Å²) in [6.45, 7) is 2.15. The summed E-state index contributed by atoms with van der Waals surface area (Å²) in [7, 11) is 0. The fourth-order valence-electron chi connectivity index (χ4n) is 4.25. The van der Waals surface area contributed by atoms with Crippen LogP contribution in [-0.2, 0) is 32.0 Å². The molecule has 3 rings (SSSR count). The third-order valence-electron chi connectivity index (χ3n) is 6.13. The van der Waals surface area contributed by atoms with E-state index in [4.69, 9.17) is 5.11 Å². The molecule has 0 saturated carbocycles. The Morgan fingerprint density at radius 2 is 1.47 bits per heavy atom. The lowest BCUT2D eigenvalue weighted by Crippen LogP contribution is -2.47. The average Bonchev–Trinajstić information content (AvgIpc) is 2.97. The molecule has 0 saturated heterocycles. The summed E-state index contributed by atoms with van der Waals surface area (Å²) in [5.41, 5.74) is 3.56. The Hall–Kier alpha value is -3.55. The van der Waals surface area contributed by atoms with Crippen LogP contribution in [-0.4, -0.2) is 41.4 Å². The maximum Gasteiger partial charge on any atom is 0.305 e. The van der Waals surface area contributed by atoms with E-state index in [1.807, 2.05) is 48.5 Å². The Balaban J connectivity index is 1.89. The SMILES string of the molecule is CC(C)C(CC(=O)N1c2ccccc2CCc2ccccc21)C(=O)NC(CC(=O)O)C(=O)CF. The van der Waals surface area contributed by atoms with Crippen molar-refractivity contribution in [2.75, 3.05) is 11.6 Å². The lowest BCUT2D eigenvalue weighted by Gasteiger charge is -2.28. The van der Waals surface area contributed by atoms with Crippen molar-refractivity contribution in [1.29, 1.82) is 0 Å². The fourth-order valence-corrected chi connectivity index (χ4v) is 4.25. The van der Waals surface area contributed by atoms with Gasteiger partial charge in [-0.25, -0.2) is 4.39 Å². The number of nitrogens with zero attached hydrogens (tertiary/aromatic N) is 1. The minimum absolute atomic E-state index is 0.157. The first-order valence-corrected chi connectivity index (χ1v) is 11.3. The van der Waals surface area contributed by atoms with E-state index in [1.54, 1.807) is 18.7 Å². The molecule has 0 radical (unpaired) electrons. The van der Waals surface area contributed by atoms with Gasteiger partial charge in [-0.15, -0.1) is 0 Å². The van der Waals surface area contributed by atoms with Gasteiger partial charge in [-0.2, -0.15) is 0 Å². The normalized spacial score (nSPS) is 14.4. The van der Waals surface area contributed by atoms with Gasteiger partial charge < -0.3 is 10.4 Å². The zero-order chi connectivity index (χ0) is 24.8.